The number of piperidine rings is 1. The Bertz CT molecular complexity index is 413. The van der Waals surface area contributed by atoms with Gasteiger partial charge >= 0.3 is 0 Å². The molecule has 4 heteroatoms. The molecule has 100 valence electrons. The van der Waals surface area contributed by atoms with Crippen LogP contribution in [0.25, 0.3) is 0 Å². The van der Waals surface area contributed by atoms with E-state index in [1.54, 1.807) is 7.11 Å². The molecule has 1 fully saturated rings. The van der Waals surface area contributed by atoms with E-state index in [2.05, 4.69) is 27.8 Å². The van der Waals surface area contributed by atoms with Gasteiger partial charge in [0.05, 0.1) is 7.11 Å². The van der Waals surface area contributed by atoms with E-state index < -0.39 is 0 Å². The number of hydrogen-bond acceptors (Lipinski definition) is 2. The molecule has 0 aromatic heterocycles. The van der Waals surface area contributed by atoms with Crippen molar-refractivity contribution in [1.82, 2.24) is 4.90 Å². The number of ether oxygens (including phenoxy) is 1. The third kappa shape index (κ3) is 3.23. The van der Waals surface area contributed by atoms with Crippen LogP contribution in [0.5, 0.6) is 5.75 Å². The van der Waals surface area contributed by atoms with Crippen molar-refractivity contribution in [3.05, 3.63) is 29.6 Å². The first-order valence-electron chi connectivity index (χ1n) is 6.29. The number of methoxy groups -OCH3 is 1. The van der Waals surface area contributed by atoms with Gasteiger partial charge in [-0.25, -0.2) is 4.39 Å². The lowest BCUT2D eigenvalue weighted by Gasteiger charge is -2.34. The summed E-state index contributed by atoms with van der Waals surface area (Å²) in [6.45, 7) is 4.95. The Labute approximate surface area is 116 Å². The van der Waals surface area contributed by atoms with Crippen molar-refractivity contribution in [2.24, 2.45) is 5.92 Å². The highest BCUT2D eigenvalue weighted by Gasteiger charge is 2.24. The average molecular weight is 316 g/mol. The van der Waals surface area contributed by atoms with Crippen LogP contribution in [0.4, 0.5) is 4.39 Å². The van der Waals surface area contributed by atoms with Gasteiger partial charge in [-0.3, -0.25) is 4.90 Å². The number of halogens is 2. The quantitative estimate of drug-likeness (QED) is 0.792. The molecule has 0 spiro atoms. The molecule has 0 N–H and O–H groups in total. The van der Waals surface area contributed by atoms with Gasteiger partial charge in [0.15, 0.2) is 0 Å². The molecule has 2 unspecified atom stereocenters. The summed E-state index contributed by atoms with van der Waals surface area (Å²) < 4.78 is 18.9. The molecule has 1 heterocycles. The van der Waals surface area contributed by atoms with E-state index in [0.717, 1.165) is 25.1 Å². The van der Waals surface area contributed by atoms with Crippen LogP contribution in [0.3, 0.4) is 0 Å². The van der Waals surface area contributed by atoms with Crippen molar-refractivity contribution < 1.29 is 9.13 Å². The van der Waals surface area contributed by atoms with Crippen molar-refractivity contribution in [2.45, 2.75) is 24.7 Å². The monoisotopic (exact) mass is 315 g/mol. The highest BCUT2D eigenvalue weighted by Crippen LogP contribution is 2.25. The molecule has 1 aromatic rings. The lowest BCUT2D eigenvalue weighted by molar-refractivity contribution is 0.181. The van der Waals surface area contributed by atoms with Crippen molar-refractivity contribution in [3.8, 4) is 5.75 Å². The number of benzene rings is 1. The second kappa shape index (κ2) is 6.02. The minimum absolute atomic E-state index is 0.178. The molecule has 2 atom stereocenters. The van der Waals surface area contributed by atoms with Crippen LogP contribution in [0.15, 0.2) is 18.2 Å². The molecule has 18 heavy (non-hydrogen) atoms. The highest BCUT2D eigenvalue weighted by atomic mass is 79.9. The summed E-state index contributed by atoms with van der Waals surface area (Å²) in [6.07, 6.45) is 1.12. The van der Waals surface area contributed by atoms with E-state index in [4.69, 9.17) is 4.74 Å². The molecule has 0 radical (unpaired) electrons. The van der Waals surface area contributed by atoms with Gasteiger partial charge in [-0.05, 0) is 24.9 Å². The fraction of sp³-hybridized carbons (Fsp3) is 0.571. The maximum Gasteiger partial charge on any atom is 0.131 e. The topological polar surface area (TPSA) is 12.5 Å². The Morgan fingerprint density at radius 2 is 2.28 bits per heavy atom. The van der Waals surface area contributed by atoms with Gasteiger partial charge in [0, 0.05) is 29.5 Å². The maximum absolute atomic E-state index is 13.9. The van der Waals surface area contributed by atoms with Crippen molar-refractivity contribution >= 4 is 15.9 Å². The fourth-order valence-electron chi connectivity index (χ4n) is 2.37. The standard InChI is InChI=1S/C14H19BrFNO/c1-10-8-17(6-5-13(10)15)9-11-3-4-12(18-2)7-14(11)16/h3-4,7,10,13H,5-6,8-9H2,1-2H3. The zero-order valence-electron chi connectivity index (χ0n) is 10.8. The second-order valence-electron chi connectivity index (χ2n) is 4.97. The summed E-state index contributed by atoms with van der Waals surface area (Å²) in [4.78, 5) is 2.90. The molecule has 0 amide bonds. The number of hydrogen-bond donors (Lipinski definition) is 0. The van der Waals surface area contributed by atoms with E-state index in [9.17, 15) is 4.39 Å². The first-order valence-corrected chi connectivity index (χ1v) is 7.20. The number of rotatable bonds is 3. The molecule has 1 aliphatic rings. The van der Waals surface area contributed by atoms with Crippen LogP contribution < -0.4 is 4.74 Å². The van der Waals surface area contributed by atoms with Crippen LogP contribution in [0, 0.1) is 11.7 Å². The van der Waals surface area contributed by atoms with E-state index in [0.29, 0.717) is 23.0 Å². The summed E-state index contributed by atoms with van der Waals surface area (Å²) in [5, 5.41) is 0. The molecule has 1 aliphatic heterocycles. The molecule has 0 aliphatic carbocycles. The maximum atomic E-state index is 13.9. The van der Waals surface area contributed by atoms with Crippen LogP contribution >= 0.6 is 15.9 Å². The molecule has 0 saturated carbocycles. The van der Waals surface area contributed by atoms with Crippen molar-refractivity contribution in [2.75, 3.05) is 20.2 Å². The lowest BCUT2D eigenvalue weighted by atomic mass is 9.99. The van der Waals surface area contributed by atoms with E-state index in [1.165, 1.54) is 6.07 Å². The summed E-state index contributed by atoms with van der Waals surface area (Å²) in [6, 6.07) is 5.09. The molecule has 1 aromatic carbocycles. The highest BCUT2D eigenvalue weighted by molar-refractivity contribution is 9.09. The largest absolute Gasteiger partial charge is 0.497 e. The zero-order valence-corrected chi connectivity index (χ0v) is 12.4. The fourth-order valence-corrected chi connectivity index (χ4v) is 2.74. The normalized spacial score (nSPS) is 25.1. The lowest BCUT2D eigenvalue weighted by Crippen LogP contribution is -2.39. The van der Waals surface area contributed by atoms with Crippen LogP contribution in [0.1, 0.15) is 18.9 Å². The minimum Gasteiger partial charge on any atom is -0.497 e. The Balaban J connectivity index is 2.01. The molecular weight excluding hydrogens is 297 g/mol. The predicted molar refractivity (Wildman–Crippen MR) is 74.7 cm³/mol. The summed E-state index contributed by atoms with van der Waals surface area (Å²) in [5.41, 5.74) is 0.746. The minimum atomic E-state index is -0.178. The SMILES string of the molecule is COc1ccc(CN2CCC(Br)C(C)C2)c(F)c1. The Morgan fingerprint density at radius 1 is 1.50 bits per heavy atom. The Hall–Kier alpha value is -0.610. The number of alkyl halides is 1. The van der Waals surface area contributed by atoms with Gasteiger partial charge in [-0.2, -0.15) is 0 Å². The van der Waals surface area contributed by atoms with E-state index >= 15 is 0 Å². The van der Waals surface area contributed by atoms with E-state index in [1.807, 2.05) is 12.1 Å². The molecule has 0 bridgehead atoms. The van der Waals surface area contributed by atoms with Gasteiger partial charge in [-0.1, -0.05) is 28.9 Å². The number of nitrogens with zero attached hydrogens (tertiary/aromatic N) is 1. The van der Waals surface area contributed by atoms with Crippen LogP contribution in [-0.2, 0) is 6.54 Å². The van der Waals surface area contributed by atoms with Crippen molar-refractivity contribution in [1.29, 1.82) is 0 Å². The van der Waals surface area contributed by atoms with Crippen molar-refractivity contribution in [3.63, 3.8) is 0 Å². The van der Waals surface area contributed by atoms with Gasteiger partial charge < -0.3 is 4.74 Å². The third-order valence-corrected chi connectivity index (χ3v) is 4.90. The van der Waals surface area contributed by atoms with Gasteiger partial charge in [-0.15, -0.1) is 0 Å². The second-order valence-corrected chi connectivity index (χ2v) is 6.15. The van der Waals surface area contributed by atoms with Crippen LogP contribution in [-0.4, -0.2) is 29.9 Å². The summed E-state index contributed by atoms with van der Waals surface area (Å²) in [7, 11) is 1.55. The molecule has 2 rings (SSSR count). The van der Waals surface area contributed by atoms with Gasteiger partial charge in [0.1, 0.15) is 11.6 Å². The third-order valence-electron chi connectivity index (χ3n) is 3.54. The Morgan fingerprint density at radius 3 is 2.89 bits per heavy atom. The molecule has 1 saturated heterocycles. The Kier molecular flexibility index (Phi) is 4.62. The van der Waals surface area contributed by atoms with E-state index in [-0.39, 0.29) is 5.82 Å². The molecule has 2 nitrogen and oxygen atoms in total. The molecular formula is C14H19BrFNO. The van der Waals surface area contributed by atoms with Gasteiger partial charge in [0.25, 0.3) is 0 Å². The first-order chi connectivity index (χ1) is 8.60. The van der Waals surface area contributed by atoms with Crippen LogP contribution in [0.2, 0.25) is 0 Å². The zero-order chi connectivity index (χ0) is 13.1. The summed E-state index contributed by atoms with van der Waals surface area (Å²) >= 11 is 3.68. The predicted octanol–water partition coefficient (Wildman–Crippen LogP) is 3.44. The summed E-state index contributed by atoms with van der Waals surface area (Å²) in [5.74, 6) is 1.01. The van der Waals surface area contributed by atoms with Gasteiger partial charge in [0.2, 0.25) is 0 Å². The first kappa shape index (κ1) is 13.8. The average Bonchev–Trinajstić information content (AvgIpc) is 2.36. The smallest absolute Gasteiger partial charge is 0.131 e. The number of likely N-dealkylation sites (tertiary alicyclic amines) is 1.